The van der Waals surface area contributed by atoms with E-state index in [0.29, 0.717) is 17.2 Å². The van der Waals surface area contributed by atoms with E-state index in [2.05, 4.69) is 12.6 Å². The molecule has 0 unspecified atom stereocenters. The zero-order valence-corrected chi connectivity index (χ0v) is 7.43. The molecule has 12 heavy (non-hydrogen) atoms. The molecular weight excluding hydrogens is 176 g/mol. The number of benzene rings is 1. The van der Waals surface area contributed by atoms with Gasteiger partial charge in [0.25, 0.3) is 0 Å². The van der Waals surface area contributed by atoms with Crippen LogP contribution >= 0.6 is 12.6 Å². The Hall–Kier alpha value is -1.03. The molecule has 1 aromatic carbocycles. The Bertz CT molecular complexity index is 311. The summed E-state index contributed by atoms with van der Waals surface area (Å²) >= 11 is 4.19. The van der Waals surface area contributed by atoms with Gasteiger partial charge in [-0.25, -0.2) is 0 Å². The average Bonchev–Trinajstić information content (AvgIpc) is 2.50. The van der Waals surface area contributed by atoms with Crippen molar-refractivity contribution in [3.8, 4) is 17.2 Å². The minimum atomic E-state index is 0.253. The summed E-state index contributed by atoms with van der Waals surface area (Å²) in [7, 11) is 1.59. The van der Waals surface area contributed by atoms with E-state index in [1.54, 1.807) is 19.2 Å². The van der Waals surface area contributed by atoms with Crippen molar-refractivity contribution in [1.29, 1.82) is 0 Å². The molecule has 0 aromatic heterocycles. The van der Waals surface area contributed by atoms with Crippen molar-refractivity contribution in [2.75, 3.05) is 13.9 Å². The van der Waals surface area contributed by atoms with Crippen molar-refractivity contribution in [3.05, 3.63) is 12.1 Å². The molecule has 0 bridgehead atoms. The molecule has 0 N–H and O–H groups in total. The first-order valence-corrected chi connectivity index (χ1v) is 3.92. The first-order chi connectivity index (χ1) is 5.81. The molecule has 0 amide bonds. The summed E-state index contributed by atoms with van der Waals surface area (Å²) in [6, 6.07) is 3.59. The van der Waals surface area contributed by atoms with Gasteiger partial charge >= 0.3 is 0 Å². The van der Waals surface area contributed by atoms with Crippen molar-refractivity contribution in [3.63, 3.8) is 0 Å². The summed E-state index contributed by atoms with van der Waals surface area (Å²) in [6.07, 6.45) is 0. The summed E-state index contributed by atoms with van der Waals surface area (Å²) in [5, 5.41) is 0. The average molecular weight is 184 g/mol. The van der Waals surface area contributed by atoms with Gasteiger partial charge in [-0.15, -0.1) is 12.6 Å². The third kappa shape index (κ3) is 1.08. The van der Waals surface area contributed by atoms with E-state index in [1.165, 1.54) is 0 Å². The van der Waals surface area contributed by atoms with Gasteiger partial charge in [-0.2, -0.15) is 0 Å². The molecule has 0 spiro atoms. The highest BCUT2D eigenvalue weighted by Crippen LogP contribution is 2.42. The molecule has 64 valence electrons. The van der Waals surface area contributed by atoms with E-state index < -0.39 is 0 Å². The molecular formula is C8H8O3S. The first kappa shape index (κ1) is 7.61. The lowest BCUT2D eigenvalue weighted by atomic mass is 10.3. The highest BCUT2D eigenvalue weighted by Gasteiger charge is 2.18. The predicted molar refractivity (Wildman–Crippen MR) is 46.4 cm³/mol. The van der Waals surface area contributed by atoms with Crippen molar-refractivity contribution in [1.82, 2.24) is 0 Å². The molecule has 0 fully saturated rings. The van der Waals surface area contributed by atoms with Crippen LogP contribution in [0.2, 0.25) is 0 Å². The minimum Gasteiger partial charge on any atom is -0.493 e. The quantitative estimate of drug-likeness (QED) is 0.673. The van der Waals surface area contributed by atoms with Gasteiger partial charge in [-0.3, -0.25) is 0 Å². The smallest absolute Gasteiger partial charge is 0.231 e. The van der Waals surface area contributed by atoms with Gasteiger partial charge in [0.1, 0.15) is 0 Å². The molecule has 3 nitrogen and oxygen atoms in total. The van der Waals surface area contributed by atoms with Gasteiger partial charge in [-0.05, 0) is 12.1 Å². The molecule has 4 heteroatoms. The van der Waals surface area contributed by atoms with Gasteiger partial charge in [0.2, 0.25) is 12.5 Å². The van der Waals surface area contributed by atoms with Crippen LogP contribution in [0, 0.1) is 0 Å². The highest BCUT2D eigenvalue weighted by molar-refractivity contribution is 7.80. The van der Waals surface area contributed by atoms with Gasteiger partial charge in [0, 0.05) is 4.90 Å². The highest BCUT2D eigenvalue weighted by atomic mass is 32.1. The SMILES string of the molecule is COc1cc(S)cc2c1OCO2. The third-order valence-electron chi connectivity index (χ3n) is 1.64. The Morgan fingerprint density at radius 1 is 1.42 bits per heavy atom. The lowest BCUT2D eigenvalue weighted by Gasteiger charge is -2.04. The second kappa shape index (κ2) is 2.79. The summed E-state index contributed by atoms with van der Waals surface area (Å²) < 4.78 is 15.4. The standard InChI is InChI=1S/C8H8O3S/c1-9-6-2-5(12)3-7-8(6)11-4-10-7/h2-3,12H,4H2,1H3. The van der Waals surface area contributed by atoms with E-state index in [1.807, 2.05) is 0 Å². The molecule has 1 aromatic rings. The maximum atomic E-state index is 5.19. The molecule has 0 saturated carbocycles. The number of fused-ring (bicyclic) bond motifs is 1. The van der Waals surface area contributed by atoms with Crippen molar-refractivity contribution >= 4 is 12.6 Å². The van der Waals surface area contributed by atoms with E-state index in [-0.39, 0.29) is 6.79 Å². The third-order valence-corrected chi connectivity index (χ3v) is 1.90. The van der Waals surface area contributed by atoms with Crippen molar-refractivity contribution < 1.29 is 14.2 Å². The summed E-state index contributed by atoms with van der Waals surface area (Å²) in [4.78, 5) is 0.802. The summed E-state index contributed by atoms with van der Waals surface area (Å²) in [5.74, 6) is 2.02. The van der Waals surface area contributed by atoms with E-state index >= 15 is 0 Å². The fraction of sp³-hybridized carbons (Fsp3) is 0.250. The number of thiol groups is 1. The molecule has 0 aliphatic carbocycles. The Morgan fingerprint density at radius 3 is 3.00 bits per heavy atom. The lowest BCUT2D eigenvalue weighted by Crippen LogP contribution is -1.93. The Kier molecular flexibility index (Phi) is 1.77. The zero-order valence-electron chi connectivity index (χ0n) is 6.53. The molecule has 1 aliphatic heterocycles. The monoisotopic (exact) mass is 184 g/mol. The minimum absolute atomic E-state index is 0.253. The van der Waals surface area contributed by atoms with Crippen LogP contribution in [0.1, 0.15) is 0 Å². The van der Waals surface area contributed by atoms with Gasteiger partial charge in [0.05, 0.1) is 7.11 Å². The molecule has 1 aliphatic rings. The molecule has 2 rings (SSSR count). The fourth-order valence-corrected chi connectivity index (χ4v) is 1.35. The lowest BCUT2D eigenvalue weighted by molar-refractivity contribution is 0.171. The fourth-order valence-electron chi connectivity index (χ4n) is 1.12. The van der Waals surface area contributed by atoms with E-state index in [0.717, 1.165) is 4.90 Å². The predicted octanol–water partition coefficient (Wildman–Crippen LogP) is 1.71. The molecule has 0 atom stereocenters. The van der Waals surface area contributed by atoms with Gasteiger partial charge in [0.15, 0.2) is 11.5 Å². The van der Waals surface area contributed by atoms with Crippen molar-refractivity contribution in [2.24, 2.45) is 0 Å². The van der Waals surface area contributed by atoms with Crippen LogP contribution < -0.4 is 14.2 Å². The van der Waals surface area contributed by atoms with Crippen LogP contribution in [0.4, 0.5) is 0 Å². The number of hydrogen-bond donors (Lipinski definition) is 1. The zero-order chi connectivity index (χ0) is 8.55. The van der Waals surface area contributed by atoms with Crippen LogP contribution in [-0.4, -0.2) is 13.9 Å². The Labute approximate surface area is 75.7 Å². The van der Waals surface area contributed by atoms with Crippen LogP contribution in [0.25, 0.3) is 0 Å². The normalized spacial score (nSPS) is 13.2. The van der Waals surface area contributed by atoms with Crippen molar-refractivity contribution in [2.45, 2.75) is 4.90 Å². The van der Waals surface area contributed by atoms with E-state index in [4.69, 9.17) is 14.2 Å². The van der Waals surface area contributed by atoms with Crippen LogP contribution in [-0.2, 0) is 0 Å². The Balaban J connectivity index is 2.55. The summed E-state index contributed by atoms with van der Waals surface area (Å²) in [5.41, 5.74) is 0. The number of methoxy groups -OCH3 is 1. The second-order valence-corrected chi connectivity index (χ2v) is 2.90. The van der Waals surface area contributed by atoms with Crippen LogP contribution in [0.3, 0.4) is 0 Å². The second-order valence-electron chi connectivity index (χ2n) is 2.38. The van der Waals surface area contributed by atoms with Crippen LogP contribution in [0.5, 0.6) is 17.2 Å². The molecule has 0 radical (unpaired) electrons. The van der Waals surface area contributed by atoms with E-state index in [9.17, 15) is 0 Å². The largest absolute Gasteiger partial charge is 0.493 e. The maximum absolute atomic E-state index is 5.19. The number of hydrogen-bond acceptors (Lipinski definition) is 4. The van der Waals surface area contributed by atoms with Gasteiger partial charge < -0.3 is 14.2 Å². The Morgan fingerprint density at radius 2 is 2.25 bits per heavy atom. The maximum Gasteiger partial charge on any atom is 0.231 e. The topological polar surface area (TPSA) is 27.7 Å². The molecule has 1 heterocycles. The number of rotatable bonds is 1. The molecule has 0 saturated heterocycles. The summed E-state index contributed by atoms with van der Waals surface area (Å²) in [6.45, 7) is 0.253. The van der Waals surface area contributed by atoms with Crippen LogP contribution in [0.15, 0.2) is 17.0 Å². The first-order valence-electron chi connectivity index (χ1n) is 3.48. The number of ether oxygens (including phenoxy) is 3. The van der Waals surface area contributed by atoms with Gasteiger partial charge in [-0.1, -0.05) is 0 Å².